The van der Waals surface area contributed by atoms with Crippen LogP contribution in [0.1, 0.15) is 43.5 Å². The standard InChI is InChI=1S/C17H26N2O2/c1-3-4-11-21-15-7-5-14(6-8-15)17(20)19-10-9-16(18)13(2)12-19/h5-8,13,16H,3-4,9-12,18H2,1-2H3. The summed E-state index contributed by atoms with van der Waals surface area (Å²) in [6, 6.07) is 7.67. The van der Waals surface area contributed by atoms with Crippen LogP contribution in [0.2, 0.25) is 0 Å². The van der Waals surface area contributed by atoms with Crippen molar-refractivity contribution in [3.05, 3.63) is 29.8 Å². The molecule has 4 nitrogen and oxygen atoms in total. The highest BCUT2D eigenvalue weighted by Crippen LogP contribution is 2.19. The van der Waals surface area contributed by atoms with Crippen molar-refractivity contribution in [3.63, 3.8) is 0 Å². The summed E-state index contributed by atoms with van der Waals surface area (Å²) in [6.07, 6.45) is 3.05. The number of likely N-dealkylation sites (tertiary alicyclic amines) is 1. The molecule has 0 saturated carbocycles. The smallest absolute Gasteiger partial charge is 0.253 e. The summed E-state index contributed by atoms with van der Waals surface area (Å²) in [4.78, 5) is 14.4. The predicted octanol–water partition coefficient (Wildman–Crippen LogP) is 2.67. The van der Waals surface area contributed by atoms with Gasteiger partial charge in [0.05, 0.1) is 6.61 Å². The lowest BCUT2D eigenvalue weighted by molar-refractivity contribution is 0.0664. The molecule has 1 aliphatic rings. The third-order valence-electron chi connectivity index (χ3n) is 4.13. The van der Waals surface area contributed by atoms with Gasteiger partial charge in [0, 0.05) is 24.7 Å². The van der Waals surface area contributed by atoms with E-state index in [1.54, 1.807) is 0 Å². The molecule has 0 aromatic heterocycles. The van der Waals surface area contributed by atoms with Crippen LogP contribution in [-0.2, 0) is 0 Å². The van der Waals surface area contributed by atoms with Crippen molar-refractivity contribution in [2.45, 2.75) is 39.2 Å². The van der Waals surface area contributed by atoms with Crippen LogP contribution in [0, 0.1) is 5.92 Å². The van der Waals surface area contributed by atoms with Gasteiger partial charge in [-0.1, -0.05) is 20.3 Å². The molecule has 4 heteroatoms. The fourth-order valence-electron chi connectivity index (χ4n) is 2.56. The monoisotopic (exact) mass is 290 g/mol. The molecular weight excluding hydrogens is 264 g/mol. The molecule has 2 unspecified atom stereocenters. The molecule has 21 heavy (non-hydrogen) atoms. The van der Waals surface area contributed by atoms with Crippen LogP contribution >= 0.6 is 0 Å². The minimum Gasteiger partial charge on any atom is -0.494 e. The van der Waals surface area contributed by atoms with Crippen LogP contribution in [0.5, 0.6) is 5.75 Å². The molecule has 0 aliphatic carbocycles. The van der Waals surface area contributed by atoms with E-state index in [1.165, 1.54) is 0 Å². The van der Waals surface area contributed by atoms with Crippen LogP contribution in [-0.4, -0.2) is 36.5 Å². The molecule has 1 fully saturated rings. The van der Waals surface area contributed by atoms with Crippen molar-refractivity contribution in [2.75, 3.05) is 19.7 Å². The van der Waals surface area contributed by atoms with Gasteiger partial charge in [-0.15, -0.1) is 0 Å². The number of ether oxygens (including phenoxy) is 1. The number of benzene rings is 1. The Morgan fingerprint density at radius 2 is 2.10 bits per heavy atom. The van der Waals surface area contributed by atoms with E-state index in [2.05, 4.69) is 13.8 Å². The van der Waals surface area contributed by atoms with Gasteiger partial charge in [0.1, 0.15) is 5.75 Å². The molecule has 1 aromatic rings. The van der Waals surface area contributed by atoms with Crippen LogP contribution < -0.4 is 10.5 Å². The highest BCUT2D eigenvalue weighted by Gasteiger charge is 2.26. The number of hydrogen-bond acceptors (Lipinski definition) is 3. The molecule has 2 atom stereocenters. The molecule has 0 spiro atoms. The Morgan fingerprint density at radius 1 is 1.38 bits per heavy atom. The Hall–Kier alpha value is -1.55. The summed E-state index contributed by atoms with van der Waals surface area (Å²) in [7, 11) is 0. The second kappa shape index (κ2) is 7.46. The van der Waals surface area contributed by atoms with Crippen LogP contribution in [0.25, 0.3) is 0 Å². The molecule has 1 heterocycles. The highest BCUT2D eigenvalue weighted by atomic mass is 16.5. The minimum atomic E-state index is 0.0915. The fraction of sp³-hybridized carbons (Fsp3) is 0.588. The van der Waals surface area contributed by atoms with Crippen molar-refractivity contribution in [3.8, 4) is 5.75 Å². The number of unbranched alkanes of at least 4 members (excludes halogenated alkanes) is 1. The van der Waals surface area contributed by atoms with Crippen LogP contribution in [0.15, 0.2) is 24.3 Å². The number of carbonyl (C=O) groups excluding carboxylic acids is 1. The van der Waals surface area contributed by atoms with Gasteiger partial charge in [0.25, 0.3) is 5.91 Å². The average Bonchev–Trinajstić information content (AvgIpc) is 2.50. The molecule has 1 amide bonds. The van der Waals surface area contributed by atoms with E-state index in [-0.39, 0.29) is 11.9 Å². The highest BCUT2D eigenvalue weighted by molar-refractivity contribution is 5.94. The normalized spacial score (nSPS) is 22.1. The van der Waals surface area contributed by atoms with Gasteiger partial charge in [-0.05, 0) is 43.0 Å². The topological polar surface area (TPSA) is 55.6 Å². The summed E-state index contributed by atoms with van der Waals surface area (Å²) >= 11 is 0. The van der Waals surface area contributed by atoms with Gasteiger partial charge in [0.15, 0.2) is 0 Å². The Balaban J connectivity index is 1.93. The second-order valence-electron chi connectivity index (χ2n) is 5.91. The maximum Gasteiger partial charge on any atom is 0.253 e. The van der Waals surface area contributed by atoms with Crippen molar-refractivity contribution >= 4 is 5.91 Å². The number of nitrogens with two attached hydrogens (primary N) is 1. The number of carbonyl (C=O) groups is 1. The van der Waals surface area contributed by atoms with Gasteiger partial charge in [-0.25, -0.2) is 0 Å². The molecular formula is C17H26N2O2. The van der Waals surface area contributed by atoms with Gasteiger partial charge < -0.3 is 15.4 Å². The van der Waals surface area contributed by atoms with E-state index in [0.29, 0.717) is 5.92 Å². The maximum absolute atomic E-state index is 12.5. The lowest BCUT2D eigenvalue weighted by Crippen LogP contribution is -2.48. The first-order valence-corrected chi connectivity index (χ1v) is 7.89. The van der Waals surface area contributed by atoms with Crippen molar-refractivity contribution < 1.29 is 9.53 Å². The first-order valence-electron chi connectivity index (χ1n) is 7.89. The quantitative estimate of drug-likeness (QED) is 0.848. The van der Waals surface area contributed by atoms with E-state index in [0.717, 1.165) is 50.3 Å². The van der Waals surface area contributed by atoms with E-state index in [4.69, 9.17) is 10.5 Å². The summed E-state index contributed by atoms with van der Waals surface area (Å²) < 4.78 is 5.62. The summed E-state index contributed by atoms with van der Waals surface area (Å²) in [5, 5.41) is 0. The minimum absolute atomic E-state index is 0.0915. The molecule has 116 valence electrons. The molecule has 0 radical (unpaired) electrons. The molecule has 2 N–H and O–H groups in total. The zero-order valence-electron chi connectivity index (χ0n) is 13.0. The molecule has 1 saturated heterocycles. The number of rotatable bonds is 5. The number of piperidine rings is 1. The maximum atomic E-state index is 12.5. The largest absolute Gasteiger partial charge is 0.494 e. The summed E-state index contributed by atoms with van der Waals surface area (Å²) in [6.45, 7) is 6.46. The number of amides is 1. The van der Waals surface area contributed by atoms with Crippen LogP contribution in [0.3, 0.4) is 0 Å². The summed E-state index contributed by atoms with van der Waals surface area (Å²) in [5.41, 5.74) is 6.73. The Bertz CT molecular complexity index is 458. The number of nitrogens with zero attached hydrogens (tertiary/aromatic N) is 1. The van der Waals surface area contributed by atoms with E-state index in [9.17, 15) is 4.79 Å². The summed E-state index contributed by atoms with van der Waals surface area (Å²) in [5.74, 6) is 1.28. The first kappa shape index (κ1) is 15.8. The molecule has 1 aliphatic heterocycles. The van der Waals surface area contributed by atoms with Gasteiger partial charge in [0.2, 0.25) is 0 Å². The molecule has 0 bridgehead atoms. The van der Waals surface area contributed by atoms with Gasteiger partial charge >= 0.3 is 0 Å². The zero-order valence-corrected chi connectivity index (χ0v) is 13.0. The lowest BCUT2D eigenvalue weighted by Gasteiger charge is -2.35. The third kappa shape index (κ3) is 4.21. The van der Waals surface area contributed by atoms with Crippen molar-refractivity contribution in [1.29, 1.82) is 0 Å². The molecule has 2 rings (SSSR count). The SMILES string of the molecule is CCCCOc1ccc(C(=O)N2CCC(N)C(C)C2)cc1. The zero-order chi connectivity index (χ0) is 15.2. The number of hydrogen-bond donors (Lipinski definition) is 1. The van der Waals surface area contributed by atoms with E-state index in [1.807, 2.05) is 29.2 Å². The van der Waals surface area contributed by atoms with E-state index < -0.39 is 0 Å². The fourth-order valence-corrected chi connectivity index (χ4v) is 2.56. The average molecular weight is 290 g/mol. The Morgan fingerprint density at radius 3 is 2.71 bits per heavy atom. The first-order chi connectivity index (χ1) is 10.1. The third-order valence-corrected chi connectivity index (χ3v) is 4.13. The van der Waals surface area contributed by atoms with Gasteiger partial charge in [-0.3, -0.25) is 4.79 Å². The Kier molecular flexibility index (Phi) is 5.62. The lowest BCUT2D eigenvalue weighted by atomic mass is 9.94. The predicted molar refractivity (Wildman–Crippen MR) is 84.5 cm³/mol. The Labute approximate surface area is 127 Å². The van der Waals surface area contributed by atoms with Crippen LogP contribution in [0.4, 0.5) is 0 Å². The van der Waals surface area contributed by atoms with Crippen molar-refractivity contribution in [2.24, 2.45) is 11.7 Å². The van der Waals surface area contributed by atoms with Gasteiger partial charge in [-0.2, -0.15) is 0 Å². The van der Waals surface area contributed by atoms with Crippen molar-refractivity contribution in [1.82, 2.24) is 4.90 Å². The van der Waals surface area contributed by atoms with E-state index >= 15 is 0 Å². The second-order valence-corrected chi connectivity index (χ2v) is 5.91. The molecule has 1 aromatic carbocycles.